The number of para-hydroxylation sites is 1. The van der Waals surface area contributed by atoms with Gasteiger partial charge in [-0.15, -0.1) is 0 Å². The Kier molecular flexibility index (Phi) is 4.76. The van der Waals surface area contributed by atoms with Crippen LogP contribution in [0.2, 0.25) is 0 Å². The molecule has 21 heavy (non-hydrogen) atoms. The predicted octanol–water partition coefficient (Wildman–Crippen LogP) is 0.982. The summed E-state index contributed by atoms with van der Waals surface area (Å²) >= 11 is 0. The molecule has 0 aliphatic carbocycles. The molecule has 0 spiro atoms. The van der Waals surface area contributed by atoms with Crippen LogP contribution in [0.5, 0.6) is 5.75 Å². The molecule has 0 bridgehead atoms. The maximum absolute atomic E-state index is 12.0. The number of urea groups is 1. The molecule has 0 saturated carbocycles. The number of carboxylic acids is 1. The van der Waals surface area contributed by atoms with Crippen molar-refractivity contribution in [3.8, 4) is 5.75 Å². The van der Waals surface area contributed by atoms with E-state index in [4.69, 9.17) is 9.84 Å². The largest absolute Gasteiger partial charge is 0.491 e. The first-order valence-corrected chi connectivity index (χ1v) is 6.57. The number of rotatable bonds is 3. The first-order chi connectivity index (χ1) is 10.1. The van der Waals surface area contributed by atoms with Crippen molar-refractivity contribution in [2.24, 2.45) is 0 Å². The van der Waals surface area contributed by atoms with E-state index in [9.17, 15) is 14.4 Å². The Bertz CT molecular complexity index is 558. The number of aliphatic carboxylic acids is 1. The smallest absolute Gasteiger partial charge is 0.324 e. The topological polar surface area (TPSA) is 95.9 Å². The van der Waals surface area contributed by atoms with Gasteiger partial charge in [0.25, 0.3) is 0 Å². The molecule has 0 fully saturated rings. The lowest BCUT2D eigenvalue weighted by atomic mass is 10.2. The van der Waals surface area contributed by atoms with Gasteiger partial charge in [0.05, 0.1) is 19.5 Å². The van der Waals surface area contributed by atoms with E-state index in [1.807, 2.05) is 24.3 Å². The Morgan fingerprint density at radius 2 is 2.00 bits per heavy atom. The molecule has 1 aliphatic heterocycles. The molecule has 1 aromatic rings. The molecule has 112 valence electrons. The van der Waals surface area contributed by atoms with Gasteiger partial charge in [-0.2, -0.15) is 0 Å². The number of amides is 3. The summed E-state index contributed by atoms with van der Waals surface area (Å²) in [7, 11) is 0. The third-order valence-corrected chi connectivity index (χ3v) is 3.05. The average Bonchev–Trinajstić information content (AvgIpc) is 2.67. The minimum absolute atomic E-state index is 0.220. The van der Waals surface area contributed by atoms with Gasteiger partial charge in [0, 0.05) is 12.0 Å². The van der Waals surface area contributed by atoms with E-state index in [1.54, 1.807) is 0 Å². The van der Waals surface area contributed by atoms with Crippen LogP contribution in [-0.2, 0) is 16.1 Å². The summed E-state index contributed by atoms with van der Waals surface area (Å²) in [5, 5.41) is 10.7. The van der Waals surface area contributed by atoms with Crippen molar-refractivity contribution in [1.29, 1.82) is 0 Å². The van der Waals surface area contributed by atoms with Crippen LogP contribution in [0.3, 0.4) is 0 Å². The molecule has 0 unspecified atom stereocenters. The van der Waals surface area contributed by atoms with Gasteiger partial charge in [-0.1, -0.05) is 18.2 Å². The summed E-state index contributed by atoms with van der Waals surface area (Å²) in [4.78, 5) is 35.3. The monoisotopic (exact) mass is 292 g/mol. The molecule has 1 aromatic carbocycles. The van der Waals surface area contributed by atoms with Crippen molar-refractivity contribution in [3.63, 3.8) is 0 Å². The zero-order valence-electron chi connectivity index (χ0n) is 11.4. The number of nitrogens with zero attached hydrogens (tertiary/aromatic N) is 1. The Labute approximate surface area is 121 Å². The van der Waals surface area contributed by atoms with Crippen molar-refractivity contribution in [3.05, 3.63) is 29.8 Å². The maximum atomic E-state index is 12.0. The number of hydrogen-bond donors (Lipinski definition) is 2. The lowest BCUT2D eigenvalue weighted by molar-refractivity contribution is -0.138. The van der Waals surface area contributed by atoms with E-state index in [1.165, 1.54) is 4.90 Å². The van der Waals surface area contributed by atoms with Crippen LogP contribution in [0, 0.1) is 0 Å². The molecule has 7 heteroatoms. The SMILES string of the molecule is O=C(O)CCC(=O)NC(=O)N1CCOc2ccccc2C1. The van der Waals surface area contributed by atoms with Gasteiger partial charge >= 0.3 is 12.0 Å². The zero-order valence-corrected chi connectivity index (χ0v) is 11.4. The normalized spacial score (nSPS) is 13.6. The highest BCUT2D eigenvalue weighted by Crippen LogP contribution is 2.22. The van der Waals surface area contributed by atoms with Gasteiger partial charge in [0.2, 0.25) is 5.91 Å². The number of hydrogen-bond acceptors (Lipinski definition) is 4. The molecule has 0 radical (unpaired) electrons. The number of carboxylic acid groups (broad SMARTS) is 1. The van der Waals surface area contributed by atoms with E-state index in [0.717, 1.165) is 11.3 Å². The standard InChI is InChI=1S/C14H16N2O5/c17-12(5-6-13(18)19)15-14(20)16-7-8-21-11-4-2-1-3-10(11)9-16/h1-4H,5-9H2,(H,18,19)(H,15,17,20). The molecular weight excluding hydrogens is 276 g/mol. The molecular formula is C14H16N2O5. The molecule has 1 heterocycles. The van der Waals surface area contributed by atoms with E-state index >= 15 is 0 Å². The zero-order chi connectivity index (χ0) is 15.2. The maximum Gasteiger partial charge on any atom is 0.324 e. The number of benzene rings is 1. The second-order valence-electron chi connectivity index (χ2n) is 4.62. The Morgan fingerprint density at radius 3 is 2.76 bits per heavy atom. The summed E-state index contributed by atoms with van der Waals surface area (Å²) < 4.78 is 5.53. The predicted molar refractivity (Wildman–Crippen MR) is 72.8 cm³/mol. The third kappa shape index (κ3) is 4.20. The molecule has 0 saturated heterocycles. The van der Waals surface area contributed by atoms with Crippen molar-refractivity contribution in [1.82, 2.24) is 10.2 Å². The van der Waals surface area contributed by atoms with Gasteiger partial charge in [0.1, 0.15) is 12.4 Å². The minimum Gasteiger partial charge on any atom is -0.491 e. The molecule has 2 rings (SSSR count). The Morgan fingerprint density at radius 1 is 1.24 bits per heavy atom. The van der Waals surface area contributed by atoms with Crippen molar-refractivity contribution in [2.45, 2.75) is 19.4 Å². The molecule has 1 aliphatic rings. The second-order valence-corrected chi connectivity index (χ2v) is 4.62. The minimum atomic E-state index is -1.07. The summed E-state index contributed by atoms with van der Waals surface area (Å²) in [6.45, 7) is 1.04. The van der Waals surface area contributed by atoms with E-state index in [0.29, 0.717) is 19.7 Å². The summed E-state index contributed by atoms with van der Waals surface area (Å²) in [5.74, 6) is -0.944. The van der Waals surface area contributed by atoms with E-state index in [2.05, 4.69) is 5.32 Å². The fourth-order valence-corrected chi connectivity index (χ4v) is 1.98. The molecule has 3 amide bonds. The van der Waals surface area contributed by atoms with E-state index in [-0.39, 0.29) is 12.8 Å². The van der Waals surface area contributed by atoms with Crippen molar-refractivity contribution < 1.29 is 24.2 Å². The van der Waals surface area contributed by atoms with Gasteiger partial charge in [0.15, 0.2) is 0 Å². The first kappa shape index (κ1) is 14.8. The van der Waals surface area contributed by atoms with Crippen LogP contribution in [0.1, 0.15) is 18.4 Å². The summed E-state index contributed by atoms with van der Waals surface area (Å²) in [6, 6.07) is 6.85. The Balaban J connectivity index is 1.94. The fourth-order valence-electron chi connectivity index (χ4n) is 1.98. The Hall–Kier alpha value is -2.57. The average molecular weight is 292 g/mol. The van der Waals surface area contributed by atoms with Crippen molar-refractivity contribution in [2.75, 3.05) is 13.2 Å². The van der Waals surface area contributed by atoms with Gasteiger partial charge in [-0.05, 0) is 6.07 Å². The first-order valence-electron chi connectivity index (χ1n) is 6.57. The highest BCUT2D eigenvalue weighted by atomic mass is 16.5. The molecule has 2 N–H and O–H groups in total. The van der Waals surface area contributed by atoms with Crippen LogP contribution in [0.4, 0.5) is 4.79 Å². The van der Waals surface area contributed by atoms with Crippen LogP contribution in [-0.4, -0.2) is 41.1 Å². The van der Waals surface area contributed by atoms with E-state index < -0.39 is 17.9 Å². The van der Waals surface area contributed by atoms with Crippen LogP contribution < -0.4 is 10.1 Å². The number of imide groups is 1. The highest BCUT2D eigenvalue weighted by molar-refractivity contribution is 5.95. The summed E-state index contributed by atoms with van der Waals surface area (Å²) in [6.07, 6.45) is -0.521. The van der Waals surface area contributed by atoms with Crippen LogP contribution in [0.25, 0.3) is 0 Å². The third-order valence-electron chi connectivity index (χ3n) is 3.05. The number of ether oxygens (including phenoxy) is 1. The van der Waals surface area contributed by atoms with Crippen molar-refractivity contribution >= 4 is 17.9 Å². The number of carbonyl (C=O) groups excluding carboxylic acids is 2. The van der Waals surface area contributed by atoms with Crippen LogP contribution >= 0.6 is 0 Å². The van der Waals surface area contributed by atoms with Gasteiger partial charge in [-0.25, -0.2) is 4.79 Å². The van der Waals surface area contributed by atoms with Gasteiger partial charge in [-0.3, -0.25) is 14.9 Å². The molecule has 0 aromatic heterocycles. The molecule has 0 atom stereocenters. The number of carbonyl (C=O) groups is 3. The lowest BCUT2D eigenvalue weighted by Gasteiger charge is -2.19. The fraction of sp³-hybridized carbons (Fsp3) is 0.357. The molecule has 7 nitrogen and oxygen atoms in total. The second kappa shape index (κ2) is 6.74. The highest BCUT2D eigenvalue weighted by Gasteiger charge is 2.21. The number of nitrogens with one attached hydrogen (secondary N) is 1. The quantitative estimate of drug-likeness (QED) is 0.865. The number of fused-ring (bicyclic) bond motifs is 1. The van der Waals surface area contributed by atoms with Gasteiger partial charge < -0.3 is 14.7 Å². The lowest BCUT2D eigenvalue weighted by Crippen LogP contribution is -2.43. The van der Waals surface area contributed by atoms with Crippen LogP contribution in [0.15, 0.2) is 24.3 Å². The summed E-state index contributed by atoms with van der Waals surface area (Å²) in [5.41, 5.74) is 0.864.